The Hall–Kier alpha value is -0.450. The second-order valence-electron chi connectivity index (χ2n) is 3.61. The molecule has 0 fully saturated rings. The van der Waals surface area contributed by atoms with Crippen molar-refractivity contribution < 1.29 is 4.74 Å². The zero-order valence-corrected chi connectivity index (χ0v) is 10.0. The number of hydrogen-bond donors (Lipinski definition) is 1. The van der Waals surface area contributed by atoms with Crippen LogP contribution in [-0.2, 0) is 11.3 Å². The third-order valence-electron chi connectivity index (χ3n) is 2.03. The van der Waals surface area contributed by atoms with Gasteiger partial charge in [-0.2, -0.15) is 0 Å². The van der Waals surface area contributed by atoms with Crippen LogP contribution in [-0.4, -0.2) is 19.1 Å². The monoisotopic (exact) mass is 214 g/mol. The van der Waals surface area contributed by atoms with Gasteiger partial charge in [-0.15, -0.1) is 11.3 Å². The van der Waals surface area contributed by atoms with Gasteiger partial charge in [0.2, 0.25) is 0 Å². The Morgan fingerprint density at radius 3 is 2.79 bits per heavy atom. The van der Waals surface area contributed by atoms with Gasteiger partial charge in [0.05, 0.1) is 5.69 Å². The highest BCUT2D eigenvalue weighted by molar-refractivity contribution is 7.09. The van der Waals surface area contributed by atoms with E-state index in [0.717, 1.165) is 17.2 Å². The topological polar surface area (TPSA) is 34.1 Å². The standard InChI is InChI=1S/C10H18N2OS/c1-7(2)9(13-4)10-12-8(5-11-3)6-14-10/h6-7,9,11H,5H2,1-4H3. The van der Waals surface area contributed by atoms with Gasteiger partial charge in [0.15, 0.2) is 0 Å². The molecule has 0 aliphatic rings. The van der Waals surface area contributed by atoms with Crippen molar-refractivity contribution in [1.82, 2.24) is 10.3 Å². The predicted molar refractivity (Wildman–Crippen MR) is 59.5 cm³/mol. The third kappa shape index (κ3) is 2.77. The summed E-state index contributed by atoms with van der Waals surface area (Å²) in [4.78, 5) is 4.52. The van der Waals surface area contributed by atoms with Crippen LogP contribution in [0.5, 0.6) is 0 Å². The van der Waals surface area contributed by atoms with E-state index in [1.54, 1.807) is 18.4 Å². The summed E-state index contributed by atoms with van der Waals surface area (Å²) in [5.41, 5.74) is 1.09. The Bertz CT molecular complexity index is 273. The molecule has 1 aromatic rings. The maximum Gasteiger partial charge on any atom is 0.122 e. The van der Waals surface area contributed by atoms with Crippen molar-refractivity contribution in [1.29, 1.82) is 0 Å². The number of hydrogen-bond acceptors (Lipinski definition) is 4. The fourth-order valence-electron chi connectivity index (χ4n) is 1.37. The third-order valence-corrected chi connectivity index (χ3v) is 2.99. The lowest BCUT2D eigenvalue weighted by atomic mass is 10.1. The SMILES string of the molecule is CNCc1csc(C(OC)C(C)C)n1. The minimum Gasteiger partial charge on any atom is -0.374 e. The van der Waals surface area contributed by atoms with Crippen molar-refractivity contribution in [2.75, 3.05) is 14.2 Å². The molecule has 0 radical (unpaired) electrons. The van der Waals surface area contributed by atoms with E-state index >= 15 is 0 Å². The second kappa shape index (κ2) is 5.44. The molecule has 1 N–H and O–H groups in total. The molecule has 1 rings (SSSR count). The first-order chi connectivity index (χ1) is 6.69. The highest BCUT2D eigenvalue weighted by Gasteiger charge is 2.18. The number of methoxy groups -OCH3 is 1. The van der Waals surface area contributed by atoms with Crippen LogP contribution in [0.25, 0.3) is 0 Å². The molecule has 80 valence electrons. The van der Waals surface area contributed by atoms with E-state index in [0.29, 0.717) is 5.92 Å². The van der Waals surface area contributed by atoms with Gasteiger partial charge in [-0.3, -0.25) is 0 Å². The van der Waals surface area contributed by atoms with Gasteiger partial charge >= 0.3 is 0 Å². The summed E-state index contributed by atoms with van der Waals surface area (Å²) in [6.45, 7) is 5.12. The number of nitrogens with zero attached hydrogens (tertiary/aromatic N) is 1. The van der Waals surface area contributed by atoms with Gasteiger partial charge < -0.3 is 10.1 Å². The molecule has 0 aromatic carbocycles. The highest BCUT2D eigenvalue weighted by Crippen LogP contribution is 2.27. The maximum absolute atomic E-state index is 5.42. The zero-order valence-electron chi connectivity index (χ0n) is 9.20. The van der Waals surface area contributed by atoms with E-state index in [1.807, 2.05) is 7.05 Å². The summed E-state index contributed by atoms with van der Waals surface area (Å²) in [6.07, 6.45) is 0.130. The summed E-state index contributed by atoms with van der Waals surface area (Å²) in [7, 11) is 3.67. The van der Waals surface area contributed by atoms with Crippen molar-refractivity contribution in [2.45, 2.75) is 26.5 Å². The second-order valence-corrected chi connectivity index (χ2v) is 4.50. The first-order valence-corrected chi connectivity index (χ1v) is 5.68. The number of nitrogens with one attached hydrogen (secondary N) is 1. The Morgan fingerprint density at radius 1 is 1.57 bits per heavy atom. The van der Waals surface area contributed by atoms with Crippen LogP contribution < -0.4 is 5.32 Å². The lowest BCUT2D eigenvalue weighted by Crippen LogP contribution is -2.10. The van der Waals surface area contributed by atoms with Crippen molar-refractivity contribution in [3.8, 4) is 0 Å². The van der Waals surface area contributed by atoms with Crippen molar-refractivity contribution in [3.63, 3.8) is 0 Å². The Kier molecular flexibility index (Phi) is 4.51. The molecule has 1 heterocycles. The van der Waals surface area contributed by atoms with E-state index in [2.05, 4.69) is 29.5 Å². The molecule has 0 saturated heterocycles. The smallest absolute Gasteiger partial charge is 0.122 e. The Balaban J connectivity index is 2.73. The van der Waals surface area contributed by atoms with Crippen molar-refractivity contribution >= 4 is 11.3 Å². The first kappa shape index (κ1) is 11.6. The predicted octanol–water partition coefficient (Wildman–Crippen LogP) is 2.21. The normalized spacial score (nSPS) is 13.5. The molecular weight excluding hydrogens is 196 g/mol. The van der Waals surface area contributed by atoms with Crippen LogP contribution in [0.4, 0.5) is 0 Å². The highest BCUT2D eigenvalue weighted by atomic mass is 32.1. The van der Waals surface area contributed by atoms with Crippen molar-refractivity contribution in [2.24, 2.45) is 5.92 Å². The van der Waals surface area contributed by atoms with Gasteiger partial charge in [-0.05, 0) is 13.0 Å². The van der Waals surface area contributed by atoms with Gasteiger partial charge in [0.25, 0.3) is 0 Å². The van der Waals surface area contributed by atoms with Crippen molar-refractivity contribution in [3.05, 3.63) is 16.1 Å². The minimum atomic E-state index is 0.130. The van der Waals surface area contributed by atoms with Crippen LogP contribution in [0, 0.1) is 5.92 Å². The molecule has 0 bridgehead atoms. The van der Waals surface area contributed by atoms with Crippen LogP contribution in [0.3, 0.4) is 0 Å². The maximum atomic E-state index is 5.42. The van der Waals surface area contributed by atoms with E-state index in [4.69, 9.17) is 4.74 Å². The van der Waals surface area contributed by atoms with E-state index in [9.17, 15) is 0 Å². The fraction of sp³-hybridized carbons (Fsp3) is 0.700. The average molecular weight is 214 g/mol. The molecule has 0 spiro atoms. The minimum absolute atomic E-state index is 0.130. The first-order valence-electron chi connectivity index (χ1n) is 4.80. The molecule has 0 aliphatic heterocycles. The van der Waals surface area contributed by atoms with Crippen LogP contribution in [0.1, 0.15) is 30.7 Å². The molecule has 0 amide bonds. The molecule has 14 heavy (non-hydrogen) atoms. The summed E-state index contributed by atoms with van der Waals surface area (Å²) < 4.78 is 5.42. The lowest BCUT2D eigenvalue weighted by Gasteiger charge is -2.15. The molecule has 4 heteroatoms. The Morgan fingerprint density at radius 2 is 2.29 bits per heavy atom. The van der Waals surface area contributed by atoms with Gasteiger partial charge in [0, 0.05) is 19.0 Å². The molecule has 0 saturated carbocycles. The number of ether oxygens (including phenoxy) is 1. The largest absolute Gasteiger partial charge is 0.374 e. The Labute approximate surface area is 89.5 Å². The van der Waals surface area contributed by atoms with E-state index in [1.165, 1.54) is 0 Å². The van der Waals surface area contributed by atoms with Crippen LogP contribution in [0.2, 0.25) is 0 Å². The number of aromatic nitrogens is 1. The summed E-state index contributed by atoms with van der Waals surface area (Å²) >= 11 is 1.67. The molecule has 1 aromatic heterocycles. The fourth-order valence-corrected chi connectivity index (χ4v) is 2.44. The molecular formula is C10H18N2OS. The van der Waals surface area contributed by atoms with E-state index in [-0.39, 0.29) is 6.10 Å². The van der Waals surface area contributed by atoms with Gasteiger partial charge in [-0.25, -0.2) is 4.98 Å². The zero-order chi connectivity index (χ0) is 10.6. The quantitative estimate of drug-likeness (QED) is 0.816. The summed E-state index contributed by atoms with van der Waals surface area (Å²) in [6, 6.07) is 0. The molecule has 1 atom stereocenters. The van der Waals surface area contributed by atoms with Gasteiger partial charge in [0.1, 0.15) is 11.1 Å². The van der Waals surface area contributed by atoms with Gasteiger partial charge in [-0.1, -0.05) is 13.8 Å². The average Bonchev–Trinajstić information content (AvgIpc) is 2.54. The van der Waals surface area contributed by atoms with E-state index < -0.39 is 0 Å². The summed E-state index contributed by atoms with van der Waals surface area (Å²) in [5, 5.41) is 6.25. The lowest BCUT2D eigenvalue weighted by molar-refractivity contribution is 0.0643. The summed E-state index contributed by atoms with van der Waals surface area (Å²) in [5.74, 6) is 0.466. The van der Waals surface area contributed by atoms with Crippen LogP contribution >= 0.6 is 11.3 Å². The molecule has 0 aliphatic carbocycles. The van der Waals surface area contributed by atoms with Crippen LogP contribution in [0.15, 0.2) is 5.38 Å². The number of thiazole rings is 1. The molecule has 1 unspecified atom stereocenters. The molecule has 3 nitrogen and oxygen atoms in total. The number of rotatable bonds is 5.